The molecule has 14 aromatic carbocycles. The van der Waals surface area contributed by atoms with Gasteiger partial charge in [-0.2, -0.15) is 0 Å². The van der Waals surface area contributed by atoms with E-state index in [1.165, 1.54) is 72.8 Å². The molecule has 1 aliphatic carbocycles. The first kappa shape index (κ1) is 72.8. The average Bonchev–Trinajstić information content (AvgIpc) is 0.716. The van der Waals surface area contributed by atoms with E-state index in [9.17, 15) is 9.59 Å². The first-order valence-corrected chi connectivity index (χ1v) is 36.1. The van der Waals surface area contributed by atoms with Crippen molar-refractivity contribution in [3.05, 3.63) is 392 Å². The van der Waals surface area contributed by atoms with Crippen LogP contribution in [0.2, 0.25) is 0 Å². The normalized spacial score (nSPS) is 11.4. The fourth-order valence-corrected chi connectivity index (χ4v) is 13.0. The molecule has 0 unspecified atom stereocenters. The molecule has 1 aliphatic rings. The number of ether oxygens (including phenoxy) is 6. The zero-order valence-corrected chi connectivity index (χ0v) is 61.6. The lowest BCUT2D eigenvalue weighted by molar-refractivity contribution is 0.0650. The van der Waals surface area contributed by atoms with Gasteiger partial charge in [0.2, 0.25) is 11.5 Å². The Morgan fingerprint density at radius 2 is 0.330 bits per heavy atom. The second kappa shape index (κ2) is 31.2. The van der Waals surface area contributed by atoms with E-state index in [4.69, 9.17) is 28.4 Å². The molecule has 0 amide bonds. The summed E-state index contributed by atoms with van der Waals surface area (Å²) in [6.07, 6.45) is 0. The van der Waals surface area contributed by atoms with E-state index in [1.807, 2.05) is 187 Å². The van der Waals surface area contributed by atoms with Gasteiger partial charge in [-0.15, -0.1) is 0 Å². The van der Waals surface area contributed by atoms with Crippen molar-refractivity contribution in [2.24, 2.45) is 0 Å². The largest absolute Gasteiger partial charge is 0.419 e. The number of esters is 6. The fourth-order valence-electron chi connectivity index (χ4n) is 13.0. The minimum absolute atomic E-state index is 0.0286. The van der Waals surface area contributed by atoms with Crippen LogP contribution in [0.15, 0.2) is 303 Å². The molecule has 0 aliphatic heterocycles. The third kappa shape index (κ3) is 15.5. The Labute approximate surface area is 645 Å². The molecule has 0 saturated heterocycles. The van der Waals surface area contributed by atoms with Crippen LogP contribution >= 0.6 is 0 Å². The highest BCUT2D eigenvalue weighted by molar-refractivity contribution is 6.32. The van der Waals surface area contributed by atoms with Gasteiger partial charge in [0.1, 0.15) is 0 Å². The second-order valence-corrected chi connectivity index (χ2v) is 27.6. The standard InChI is InChI=1S/C98H68O14/c1-57-7-19-63(20-8-57)69-31-43-75(44-32-69)93(101)107-83-55-81-85(91(111-97(105)79-51-39-73(40-52-79)67-27-15-61(5)16-28-67)89(83)109-95(103)77-47-35-71(36-48-77)65-23-11-59(3)12-24-65)88(100)82-56-84(108-94(102)76-45-33-70(34-46-76)64-21-9-58(2)10-22-64)90(110-96(104)78-49-37-72(38-50-78)66-25-13-60(4)14-26-66)92(86(82)87(81)99)112-98(106)80-53-41-74(42-54-80)68-29-17-62(6)18-30-68/h7-56H,1-6H3. The van der Waals surface area contributed by atoms with Gasteiger partial charge >= 0.3 is 35.8 Å². The average molecular weight is 1470 g/mol. The first-order chi connectivity index (χ1) is 54.2. The van der Waals surface area contributed by atoms with Crippen LogP contribution in [0.5, 0.6) is 34.5 Å². The molecule has 112 heavy (non-hydrogen) atoms. The molecule has 0 radical (unpaired) electrons. The highest BCUT2D eigenvalue weighted by atomic mass is 16.6. The Kier molecular flexibility index (Phi) is 20.3. The number of rotatable bonds is 18. The Balaban J connectivity index is 0.920. The van der Waals surface area contributed by atoms with Crippen LogP contribution in [0, 0.1) is 41.5 Å². The molecule has 0 heterocycles. The van der Waals surface area contributed by atoms with Gasteiger partial charge in [0, 0.05) is 11.1 Å². The molecule has 14 nitrogen and oxygen atoms in total. The van der Waals surface area contributed by atoms with E-state index in [-0.39, 0.29) is 33.4 Å². The van der Waals surface area contributed by atoms with E-state index < -0.39 is 104 Å². The lowest BCUT2D eigenvalue weighted by Crippen LogP contribution is -2.27. The minimum atomic E-state index is -1.18. The van der Waals surface area contributed by atoms with Crippen molar-refractivity contribution in [2.45, 2.75) is 41.5 Å². The molecule has 14 heteroatoms. The molecule has 15 rings (SSSR count). The molecule has 0 bridgehead atoms. The van der Waals surface area contributed by atoms with Crippen molar-refractivity contribution in [2.75, 3.05) is 0 Å². The summed E-state index contributed by atoms with van der Waals surface area (Å²) in [7, 11) is 0. The lowest BCUT2D eigenvalue weighted by atomic mass is 9.82. The predicted octanol–water partition coefficient (Wildman–Crippen LogP) is 21.6. The molecule has 0 atom stereocenters. The molecule has 0 fully saturated rings. The van der Waals surface area contributed by atoms with Gasteiger partial charge in [0.15, 0.2) is 34.6 Å². The van der Waals surface area contributed by atoms with E-state index in [0.29, 0.717) is 0 Å². The van der Waals surface area contributed by atoms with Crippen molar-refractivity contribution < 1.29 is 66.8 Å². The van der Waals surface area contributed by atoms with Crippen LogP contribution < -0.4 is 28.4 Å². The molecular weight excluding hydrogens is 1400 g/mol. The lowest BCUT2D eigenvalue weighted by Gasteiger charge is -2.26. The van der Waals surface area contributed by atoms with Gasteiger partial charge in [0.25, 0.3) is 0 Å². The maximum atomic E-state index is 16.6. The van der Waals surface area contributed by atoms with Crippen LogP contribution in [0.3, 0.4) is 0 Å². The Morgan fingerprint density at radius 3 is 0.500 bits per heavy atom. The summed E-state index contributed by atoms with van der Waals surface area (Å²) in [5, 5.41) is 0. The maximum Gasteiger partial charge on any atom is 0.343 e. The number of hydrogen-bond donors (Lipinski definition) is 0. The highest BCUT2D eigenvalue weighted by Gasteiger charge is 2.44. The quantitative estimate of drug-likeness (QED) is 0.0582. The van der Waals surface area contributed by atoms with Crippen molar-refractivity contribution in [3.8, 4) is 101 Å². The van der Waals surface area contributed by atoms with Crippen molar-refractivity contribution in [3.63, 3.8) is 0 Å². The summed E-state index contributed by atoms with van der Waals surface area (Å²) >= 11 is 0. The zero-order valence-electron chi connectivity index (χ0n) is 61.6. The van der Waals surface area contributed by atoms with E-state index in [0.717, 1.165) is 112 Å². The molecule has 0 spiro atoms. The van der Waals surface area contributed by atoms with Crippen molar-refractivity contribution in [1.29, 1.82) is 0 Å². The van der Waals surface area contributed by atoms with Crippen LogP contribution in [0.4, 0.5) is 0 Å². The number of carbonyl (C=O) groups is 8. The SMILES string of the molecule is Cc1ccc(-c2ccc(C(=O)Oc3cc4c(c(OC(=O)c5ccc(-c6ccc(C)cc6)cc5)c3OC(=O)c3ccc(-c5ccc(C)cc5)cc3)C(=O)c3cc(OC(=O)c5ccc(-c6ccc(C)cc6)cc5)c(OC(=O)c5ccc(-c6ccc(C)cc6)cc5)c(OC(=O)c5ccc(-c6ccc(C)cc6)cc5)c3C4=O)cc2)cc1. The molecule has 0 aromatic heterocycles. The number of aryl methyl sites for hydroxylation is 6. The second-order valence-electron chi connectivity index (χ2n) is 27.6. The Hall–Kier alpha value is -14.8. The molecular formula is C98H68O14. The fraction of sp³-hybridized carbons (Fsp3) is 0.0612. The summed E-state index contributed by atoms with van der Waals surface area (Å²) in [4.78, 5) is 124. The summed E-state index contributed by atoms with van der Waals surface area (Å²) < 4.78 is 38.0. The number of fused-ring (bicyclic) bond motifs is 2. The van der Waals surface area contributed by atoms with Gasteiger partial charge < -0.3 is 28.4 Å². The van der Waals surface area contributed by atoms with Crippen LogP contribution in [0.25, 0.3) is 66.8 Å². The third-order valence-electron chi connectivity index (χ3n) is 19.6. The van der Waals surface area contributed by atoms with Crippen molar-refractivity contribution in [1.82, 2.24) is 0 Å². The van der Waals surface area contributed by atoms with E-state index in [1.54, 1.807) is 72.8 Å². The topological polar surface area (TPSA) is 192 Å². The van der Waals surface area contributed by atoms with E-state index in [2.05, 4.69) is 0 Å². The van der Waals surface area contributed by atoms with Gasteiger partial charge in [-0.05, 0) is 193 Å². The molecule has 14 aromatic rings. The summed E-state index contributed by atoms with van der Waals surface area (Å²) in [5.74, 6) is -13.7. The zero-order chi connectivity index (χ0) is 77.8. The number of carbonyl (C=O) groups excluding carboxylic acids is 8. The highest BCUT2D eigenvalue weighted by Crippen LogP contribution is 2.52. The minimum Gasteiger partial charge on any atom is -0.419 e. The predicted molar refractivity (Wildman–Crippen MR) is 429 cm³/mol. The van der Waals surface area contributed by atoms with Gasteiger partial charge in [-0.1, -0.05) is 252 Å². The number of benzene rings is 14. The number of hydrogen-bond acceptors (Lipinski definition) is 14. The van der Waals surface area contributed by atoms with Crippen LogP contribution in [-0.2, 0) is 0 Å². The molecule has 0 N–H and O–H groups in total. The van der Waals surface area contributed by atoms with Gasteiger partial charge in [-0.3, -0.25) is 9.59 Å². The first-order valence-electron chi connectivity index (χ1n) is 36.1. The summed E-state index contributed by atoms with van der Waals surface area (Å²) in [6.45, 7) is 11.8. The smallest absolute Gasteiger partial charge is 0.343 e. The molecule has 544 valence electrons. The van der Waals surface area contributed by atoms with Crippen LogP contribution in [0.1, 0.15) is 127 Å². The third-order valence-corrected chi connectivity index (χ3v) is 19.6. The van der Waals surface area contributed by atoms with Gasteiger partial charge in [-0.25, -0.2) is 28.8 Å². The summed E-state index contributed by atoms with van der Waals surface area (Å²) in [6, 6.07) is 86.6. The molecule has 0 saturated carbocycles. The van der Waals surface area contributed by atoms with E-state index >= 15 is 28.8 Å². The maximum absolute atomic E-state index is 16.6. The monoisotopic (exact) mass is 1470 g/mol. The number of ketones is 2. The summed E-state index contributed by atoms with van der Waals surface area (Å²) in [5.41, 5.74) is 12.6. The Morgan fingerprint density at radius 1 is 0.188 bits per heavy atom. The van der Waals surface area contributed by atoms with Crippen molar-refractivity contribution >= 4 is 47.4 Å². The Bertz CT molecular complexity index is 5650. The van der Waals surface area contributed by atoms with Gasteiger partial charge in [0.05, 0.1) is 44.5 Å². The van der Waals surface area contributed by atoms with Crippen LogP contribution in [-0.4, -0.2) is 47.4 Å².